The van der Waals surface area contributed by atoms with Gasteiger partial charge in [0.05, 0.1) is 5.56 Å². The second-order valence-corrected chi connectivity index (χ2v) is 4.65. The molecule has 0 amide bonds. The summed E-state index contributed by atoms with van der Waals surface area (Å²) in [5, 5.41) is 0. The van der Waals surface area contributed by atoms with Crippen molar-refractivity contribution >= 4 is 5.82 Å². The lowest BCUT2D eigenvalue weighted by Gasteiger charge is -2.20. The molecule has 0 saturated heterocycles. The van der Waals surface area contributed by atoms with Gasteiger partial charge in [0.2, 0.25) is 5.88 Å². The van der Waals surface area contributed by atoms with Crippen molar-refractivity contribution in [1.82, 2.24) is 9.97 Å². The van der Waals surface area contributed by atoms with Gasteiger partial charge in [0, 0.05) is 5.92 Å². The Hall–Kier alpha value is -1.71. The zero-order valence-electron chi connectivity index (χ0n) is 11.6. The molecule has 21 heavy (non-hydrogen) atoms. The van der Waals surface area contributed by atoms with Crippen molar-refractivity contribution < 1.29 is 26.7 Å². The number of hydrogen-bond acceptors (Lipinski definition) is 5. The highest BCUT2D eigenvalue weighted by molar-refractivity contribution is 5.47. The summed E-state index contributed by atoms with van der Waals surface area (Å²) in [7, 11) is 0. The predicted molar refractivity (Wildman–Crippen MR) is 65.2 cm³/mol. The molecule has 120 valence electrons. The maximum Gasteiger partial charge on any atom is 0.456 e. The summed E-state index contributed by atoms with van der Waals surface area (Å²) in [5.41, 5.74) is 2.36. The number of aromatic nitrogens is 2. The number of hydrazine groups is 1. The highest BCUT2D eigenvalue weighted by Gasteiger charge is 2.58. The first-order chi connectivity index (χ1) is 9.49. The number of rotatable bonds is 5. The average molecular weight is 314 g/mol. The van der Waals surface area contributed by atoms with E-state index in [2.05, 4.69) is 20.1 Å². The van der Waals surface area contributed by atoms with Crippen molar-refractivity contribution in [3.8, 4) is 5.88 Å². The van der Waals surface area contributed by atoms with Crippen LogP contribution in [-0.4, -0.2) is 28.7 Å². The maximum atomic E-state index is 12.9. The van der Waals surface area contributed by atoms with E-state index in [1.165, 1.54) is 6.92 Å². The standard InChI is InChI=1S/C11H15F5N4O/c1-5(2)7-18-8(20-17)6(3)9(19-7)21-4-10(12,13)11(14,15)16/h5H,4,17H2,1-3H3,(H,18,19,20). The minimum Gasteiger partial charge on any atom is -0.471 e. The highest BCUT2D eigenvalue weighted by Crippen LogP contribution is 2.36. The number of nitrogen functional groups attached to an aromatic ring is 1. The second kappa shape index (κ2) is 5.96. The number of nitrogens with one attached hydrogen (secondary N) is 1. The lowest BCUT2D eigenvalue weighted by Crippen LogP contribution is -2.42. The van der Waals surface area contributed by atoms with Crippen LogP contribution in [-0.2, 0) is 0 Å². The maximum absolute atomic E-state index is 12.9. The van der Waals surface area contributed by atoms with E-state index in [1.807, 2.05) is 0 Å². The average Bonchev–Trinajstić information content (AvgIpc) is 2.35. The van der Waals surface area contributed by atoms with Gasteiger partial charge in [-0.15, -0.1) is 0 Å². The molecule has 0 saturated carbocycles. The Bertz CT molecular complexity index is 504. The van der Waals surface area contributed by atoms with Crippen LogP contribution in [0.4, 0.5) is 27.8 Å². The van der Waals surface area contributed by atoms with Gasteiger partial charge in [-0.1, -0.05) is 13.8 Å². The number of halogens is 5. The van der Waals surface area contributed by atoms with Crippen molar-refractivity contribution in [2.75, 3.05) is 12.0 Å². The third-order valence-corrected chi connectivity index (χ3v) is 2.58. The first-order valence-electron chi connectivity index (χ1n) is 5.92. The molecule has 1 aromatic rings. The largest absolute Gasteiger partial charge is 0.471 e. The van der Waals surface area contributed by atoms with Gasteiger partial charge in [-0.05, 0) is 6.92 Å². The zero-order chi connectivity index (χ0) is 16.4. The van der Waals surface area contributed by atoms with Crippen LogP contribution in [0.5, 0.6) is 5.88 Å². The quantitative estimate of drug-likeness (QED) is 0.497. The number of hydrogen-bond donors (Lipinski definition) is 2. The molecule has 0 aliphatic rings. The number of ether oxygens (including phenoxy) is 1. The lowest BCUT2D eigenvalue weighted by molar-refractivity contribution is -0.290. The fraction of sp³-hybridized carbons (Fsp3) is 0.636. The molecular formula is C11H15F5N4O. The van der Waals surface area contributed by atoms with E-state index in [0.29, 0.717) is 0 Å². The van der Waals surface area contributed by atoms with Gasteiger partial charge in [0.15, 0.2) is 6.61 Å². The highest BCUT2D eigenvalue weighted by atomic mass is 19.4. The van der Waals surface area contributed by atoms with Crippen LogP contribution in [0, 0.1) is 6.92 Å². The molecule has 10 heteroatoms. The van der Waals surface area contributed by atoms with Gasteiger partial charge in [0.1, 0.15) is 11.6 Å². The van der Waals surface area contributed by atoms with E-state index in [9.17, 15) is 22.0 Å². The summed E-state index contributed by atoms with van der Waals surface area (Å²) in [6, 6.07) is 0. The first kappa shape index (κ1) is 17.3. The number of nitrogens with zero attached hydrogens (tertiary/aromatic N) is 2. The monoisotopic (exact) mass is 314 g/mol. The molecule has 0 aliphatic heterocycles. The Balaban J connectivity index is 3.06. The van der Waals surface area contributed by atoms with E-state index in [4.69, 9.17) is 5.84 Å². The smallest absolute Gasteiger partial charge is 0.456 e. The number of anilines is 1. The minimum atomic E-state index is -5.69. The minimum absolute atomic E-state index is 0.0963. The van der Waals surface area contributed by atoms with E-state index < -0.39 is 18.7 Å². The Morgan fingerprint density at radius 1 is 1.19 bits per heavy atom. The van der Waals surface area contributed by atoms with Crippen LogP contribution in [0.2, 0.25) is 0 Å². The van der Waals surface area contributed by atoms with Crippen LogP contribution >= 0.6 is 0 Å². The van der Waals surface area contributed by atoms with Gasteiger partial charge in [-0.2, -0.15) is 26.9 Å². The van der Waals surface area contributed by atoms with Crippen LogP contribution < -0.4 is 16.0 Å². The van der Waals surface area contributed by atoms with Crippen molar-refractivity contribution in [3.63, 3.8) is 0 Å². The Morgan fingerprint density at radius 3 is 2.19 bits per heavy atom. The summed E-state index contributed by atoms with van der Waals surface area (Å²) in [5.74, 6) is -0.0154. The van der Waals surface area contributed by atoms with Gasteiger partial charge >= 0.3 is 12.1 Å². The topological polar surface area (TPSA) is 73.1 Å². The summed E-state index contributed by atoms with van der Waals surface area (Å²) in [4.78, 5) is 7.84. The van der Waals surface area contributed by atoms with Crippen molar-refractivity contribution in [3.05, 3.63) is 11.4 Å². The van der Waals surface area contributed by atoms with Crippen molar-refractivity contribution in [2.45, 2.75) is 38.8 Å². The molecule has 0 atom stereocenters. The van der Waals surface area contributed by atoms with Crippen LogP contribution in [0.3, 0.4) is 0 Å². The van der Waals surface area contributed by atoms with Crippen molar-refractivity contribution in [2.24, 2.45) is 5.84 Å². The molecule has 1 aromatic heterocycles. The SMILES string of the molecule is Cc1c(NN)nc(C(C)C)nc1OCC(F)(F)C(F)(F)F. The van der Waals surface area contributed by atoms with Crippen LogP contribution in [0.1, 0.15) is 31.2 Å². The molecule has 0 aromatic carbocycles. The lowest BCUT2D eigenvalue weighted by atomic mass is 10.2. The van der Waals surface area contributed by atoms with Gasteiger partial charge in [0.25, 0.3) is 0 Å². The molecule has 1 heterocycles. The molecule has 0 radical (unpaired) electrons. The van der Waals surface area contributed by atoms with Gasteiger partial charge in [-0.3, -0.25) is 0 Å². The molecule has 0 fully saturated rings. The van der Waals surface area contributed by atoms with E-state index in [-0.39, 0.29) is 29.0 Å². The molecule has 0 spiro atoms. The number of alkyl halides is 5. The third-order valence-electron chi connectivity index (χ3n) is 2.58. The van der Waals surface area contributed by atoms with E-state index >= 15 is 0 Å². The molecule has 5 nitrogen and oxygen atoms in total. The Labute approximate surface area is 117 Å². The fourth-order valence-electron chi connectivity index (χ4n) is 1.29. The first-order valence-corrected chi connectivity index (χ1v) is 5.92. The fourth-order valence-corrected chi connectivity index (χ4v) is 1.29. The normalized spacial score (nSPS) is 12.7. The van der Waals surface area contributed by atoms with Crippen LogP contribution in [0.15, 0.2) is 0 Å². The molecule has 1 rings (SSSR count). The Kier molecular flexibility index (Phi) is 4.92. The molecule has 0 bridgehead atoms. The third kappa shape index (κ3) is 3.90. The Morgan fingerprint density at radius 2 is 1.76 bits per heavy atom. The molecule has 3 N–H and O–H groups in total. The van der Waals surface area contributed by atoms with Crippen molar-refractivity contribution in [1.29, 1.82) is 0 Å². The molecule has 0 aliphatic carbocycles. The zero-order valence-corrected chi connectivity index (χ0v) is 11.6. The predicted octanol–water partition coefficient (Wildman–Crippen LogP) is 2.77. The number of nitrogens with two attached hydrogens (primary N) is 1. The van der Waals surface area contributed by atoms with Crippen LogP contribution in [0.25, 0.3) is 0 Å². The van der Waals surface area contributed by atoms with E-state index in [0.717, 1.165) is 0 Å². The summed E-state index contributed by atoms with van der Waals surface area (Å²) >= 11 is 0. The summed E-state index contributed by atoms with van der Waals surface area (Å²) in [6.45, 7) is 2.97. The summed E-state index contributed by atoms with van der Waals surface area (Å²) in [6.07, 6.45) is -5.69. The summed E-state index contributed by atoms with van der Waals surface area (Å²) < 4.78 is 66.5. The van der Waals surface area contributed by atoms with Gasteiger partial charge in [-0.25, -0.2) is 10.8 Å². The second-order valence-electron chi connectivity index (χ2n) is 4.65. The van der Waals surface area contributed by atoms with E-state index in [1.54, 1.807) is 13.8 Å². The molecule has 0 unspecified atom stereocenters. The van der Waals surface area contributed by atoms with Gasteiger partial charge < -0.3 is 10.2 Å². The molecular weight excluding hydrogens is 299 g/mol.